The molecule has 0 bridgehead atoms. The second kappa shape index (κ2) is 12.5. The van der Waals surface area contributed by atoms with Crippen LogP contribution in [0.2, 0.25) is 0 Å². The minimum atomic E-state index is 1.34. The monoisotopic (exact) mass is 900 g/mol. The van der Waals surface area contributed by atoms with Crippen LogP contribution in [0.25, 0.3) is 194 Å². The molecule has 0 atom stereocenters. The van der Waals surface area contributed by atoms with Gasteiger partial charge in [-0.15, -0.1) is 0 Å². The van der Waals surface area contributed by atoms with Gasteiger partial charge >= 0.3 is 0 Å². The van der Waals surface area contributed by atoms with Crippen LogP contribution in [0.4, 0.5) is 0 Å². The molecule has 72 heavy (non-hydrogen) atoms. The van der Waals surface area contributed by atoms with Gasteiger partial charge in [-0.05, 0) is 194 Å². The maximum atomic E-state index is 2.37. The fourth-order valence-electron chi connectivity index (χ4n) is 15.1. The van der Waals surface area contributed by atoms with Gasteiger partial charge in [0.15, 0.2) is 0 Å². The maximum absolute atomic E-state index is 2.37. The number of hydrogen-bond acceptors (Lipinski definition) is 0. The van der Waals surface area contributed by atoms with Crippen molar-refractivity contribution in [1.29, 1.82) is 0 Å². The average molecular weight is 901 g/mol. The van der Waals surface area contributed by atoms with E-state index in [9.17, 15) is 0 Å². The summed E-state index contributed by atoms with van der Waals surface area (Å²) in [7, 11) is 0. The summed E-state index contributed by atoms with van der Waals surface area (Å²) in [6, 6.07) is 82.4. The van der Waals surface area contributed by atoms with Crippen LogP contribution >= 0.6 is 0 Å². The maximum Gasteiger partial charge on any atom is -0.0000476 e. The average Bonchev–Trinajstić information content (AvgIpc) is 3.47. The Morgan fingerprint density at radius 3 is 0.319 bits per heavy atom. The van der Waals surface area contributed by atoms with Gasteiger partial charge in [-0.3, -0.25) is 0 Å². The van der Waals surface area contributed by atoms with Crippen molar-refractivity contribution in [3.63, 3.8) is 0 Å². The van der Waals surface area contributed by atoms with Gasteiger partial charge in [0.2, 0.25) is 0 Å². The van der Waals surface area contributed by atoms with Crippen LogP contribution in [0.1, 0.15) is 0 Å². The van der Waals surface area contributed by atoms with Gasteiger partial charge in [0.1, 0.15) is 0 Å². The first kappa shape index (κ1) is 36.6. The van der Waals surface area contributed by atoms with E-state index in [0.717, 1.165) is 0 Å². The summed E-state index contributed by atoms with van der Waals surface area (Å²) in [5.74, 6) is 0. The van der Waals surface area contributed by atoms with Gasteiger partial charge in [0, 0.05) is 0 Å². The third kappa shape index (κ3) is 4.05. The highest BCUT2D eigenvalue weighted by Crippen LogP contribution is 2.59. The highest BCUT2D eigenvalue weighted by Gasteiger charge is 2.30. The lowest BCUT2D eigenvalue weighted by Crippen LogP contribution is -1.99. The Labute approximate surface area is 410 Å². The molecule has 0 N–H and O–H groups in total. The van der Waals surface area contributed by atoms with Crippen molar-refractivity contribution in [1.82, 2.24) is 0 Å². The molecule has 0 aliphatic rings. The first-order valence-electron chi connectivity index (χ1n) is 25.4. The SMILES string of the molecule is c1cc2ccc3ccc4ccc5ccc6ccc1c1c2c3c4c5c61.c1ccc2c(c1)c1c3ccccc3c3c4ccccc4c4c5ccccc5c5c6ccccc6c6c7ccccc7c2c2c1c3c4c5c62. The normalized spacial score (nSPS) is 13.0. The predicted molar refractivity (Wildman–Crippen MR) is 315 cm³/mol. The molecule has 0 aliphatic carbocycles. The van der Waals surface area contributed by atoms with E-state index >= 15 is 0 Å². The summed E-state index contributed by atoms with van der Waals surface area (Å²) in [6.45, 7) is 0. The lowest BCUT2D eigenvalue weighted by molar-refractivity contribution is 1.79. The molecule has 20 rings (SSSR count). The summed E-state index contributed by atoms with van der Waals surface area (Å²) >= 11 is 0. The summed E-state index contributed by atoms with van der Waals surface area (Å²) in [5, 5.41) is 49.6. The largest absolute Gasteiger partial charge is 0.0616 e. The number of hydrogen-bond donors (Lipinski definition) is 0. The third-order valence-electron chi connectivity index (χ3n) is 17.7. The molecule has 0 saturated heterocycles. The minimum Gasteiger partial charge on any atom is -0.0616 e. The molecule has 20 aromatic rings. The van der Waals surface area contributed by atoms with Crippen molar-refractivity contribution in [3.05, 3.63) is 218 Å². The molecule has 0 heteroatoms. The Kier molecular flexibility index (Phi) is 6.36. The lowest BCUT2D eigenvalue weighted by atomic mass is 9.74. The number of benzene rings is 20. The van der Waals surface area contributed by atoms with Crippen LogP contribution in [0.15, 0.2) is 218 Å². The van der Waals surface area contributed by atoms with Crippen LogP contribution in [0.5, 0.6) is 0 Å². The summed E-state index contributed by atoms with van der Waals surface area (Å²) in [6.07, 6.45) is 0. The van der Waals surface area contributed by atoms with Gasteiger partial charge in [-0.1, -0.05) is 218 Å². The van der Waals surface area contributed by atoms with E-state index in [4.69, 9.17) is 0 Å². The number of rotatable bonds is 0. The highest BCUT2D eigenvalue weighted by molar-refractivity contribution is 6.61. The van der Waals surface area contributed by atoms with E-state index in [1.807, 2.05) is 0 Å². The second-order valence-electron chi connectivity index (χ2n) is 20.8. The molecule has 0 heterocycles. The fourth-order valence-corrected chi connectivity index (χ4v) is 15.1. The van der Waals surface area contributed by atoms with Crippen LogP contribution in [-0.2, 0) is 0 Å². The van der Waals surface area contributed by atoms with Crippen molar-refractivity contribution in [3.8, 4) is 0 Å². The van der Waals surface area contributed by atoms with Gasteiger partial charge in [-0.2, -0.15) is 0 Å². The van der Waals surface area contributed by atoms with Crippen LogP contribution in [0, 0.1) is 0 Å². The zero-order chi connectivity index (χ0) is 46.2. The molecule has 0 amide bonds. The summed E-state index contributed by atoms with van der Waals surface area (Å²) in [4.78, 5) is 0. The molecule has 0 radical (unpaired) electrons. The van der Waals surface area contributed by atoms with Crippen molar-refractivity contribution in [2.45, 2.75) is 0 Å². The van der Waals surface area contributed by atoms with E-state index in [-0.39, 0.29) is 0 Å². The van der Waals surface area contributed by atoms with Crippen molar-refractivity contribution in [2.75, 3.05) is 0 Å². The van der Waals surface area contributed by atoms with Crippen molar-refractivity contribution >= 4 is 194 Å². The standard InChI is InChI=1S/C48H24.C24H12/c1-2-14-26-25(13-1)37-27-15-3-4-16-28(27)39-31-19-7-8-20-32(31)41-34-22-10-12-24-36(34)42-35-23-11-9-21-33(35)40-30-18-6-5-17-29(30)38(26)44-43(37)45(39)47(41)48(42)46(40)44;1-2-14-5-6-16-9-11-18-12-10-17-8-7-15-4-3-13(1)19-20(14)22(16)24(18)23(17)21(15)19/h1-24H;1-12H. The molecule has 0 saturated carbocycles. The van der Waals surface area contributed by atoms with Gasteiger partial charge < -0.3 is 0 Å². The topological polar surface area (TPSA) is 0 Å². The Hall–Kier alpha value is -9.36. The van der Waals surface area contributed by atoms with Gasteiger partial charge in [0.25, 0.3) is 0 Å². The molecule has 0 fully saturated rings. The van der Waals surface area contributed by atoms with Crippen molar-refractivity contribution in [2.24, 2.45) is 0 Å². The fraction of sp³-hybridized carbons (Fsp3) is 0. The van der Waals surface area contributed by atoms with Crippen molar-refractivity contribution < 1.29 is 0 Å². The lowest BCUT2D eigenvalue weighted by Gasteiger charge is -2.28. The van der Waals surface area contributed by atoms with Crippen LogP contribution < -0.4 is 0 Å². The van der Waals surface area contributed by atoms with E-state index in [1.165, 1.54) is 194 Å². The molecule has 0 spiro atoms. The Bertz CT molecular complexity index is 4530. The Balaban J connectivity index is 0.000000141. The predicted octanol–water partition coefficient (Wildman–Crippen LogP) is 20.8. The first-order chi connectivity index (χ1) is 35.8. The molecular weight excluding hydrogens is 865 g/mol. The zero-order valence-electron chi connectivity index (χ0n) is 38.8. The Morgan fingerprint density at radius 1 is 0.0972 bits per heavy atom. The second-order valence-corrected chi connectivity index (χ2v) is 20.8. The Morgan fingerprint density at radius 2 is 0.208 bits per heavy atom. The first-order valence-corrected chi connectivity index (χ1v) is 25.4. The molecular formula is C72H36. The zero-order valence-corrected chi connectivity index (χ0v) is 38.8. The van der Waals surface area contributed by atoms with Gasteiger partial charge in [0.05, 0.1) is 0 Å². The van der Waals surface area contributed by atoms with E-state index in [2.05, 4.69) is 218 Å². The van der Waals surface area contributed by atoms with Crippen LogP contribution in [-0.4, -0.2) is 0 Å². The van der Waals surface area contributed by atoms with E-state index < -0.39 is 0 Å². The van der Waals surface area contributed by atoms with E-state index in [0.29, 0.717) is 0 Å². The molecule has 20 aromatic carbocycles. The third-order valence-corrected chi connectivity index (χ3v) is 17.7. The summed E-state index contributed by atoms with van der Waals surface area (Å²) in [5.41, 5.74) is 0. The highest BCUT2D eigenvalue weighted by atomic mass is 14.3. The number of fused-ring (bicyclic) bond motifs is 18. The summed E-state index contributed by atoms with van der Waals surface area (Å²) < 4.78 is 0. The minimum absolute atomic E-state index is 1.34. The molecule has 324 valence electrons. The quantitative estimate of drug-likeness (QED) is 0.105. The molecule has 0 aromatic heterocycles. The molecule has 0 unspecified atom stereocenters. The van der Waals surface area contributed by atoms with Crippen LogP contribution in [0.3, 0.4) is 0 Å². The smallest absolute Gasteiger partial charge is 0.0000476 e. The molecule has 0 nitrogen and oxygen atoms in total. The van der Waals surface area contributed by atoms with Gasteiger partial charge in [-0.25, -0.2) is 0 Å². The van der Waals surface area contributed by atoms with E-state index in [1.54, 1.807) is 0 Å². The molecule has 0 aliphatic heterocycles.